The van der Waals surface area contributed by atoms with Gasteiger partial charge in [-0.3, -0.25) is 9.80 Å². The van der Waals surface area contributed by atoms with Crippen LogP contribution in [-0.4, -0.2) is 38.8 Å². The minimum absolute atomic E-state index is 0.0417. The van der Waals surface area contributed by atoms with E-state index in [4.69, 9.17) is 0 Å². The van der Waals surface area contributed by atoms with Gasteiger partial charge in [-0.15, -0.1) is 5.10 Å². The van der Waals surface area contributed by atoms with Gasteiger partial charge in [0.15, 0.2) is 11.6 Å². The number of hydrogen-bond acceptors (Lipinski definition) is 4. The Labute approximate surface area is 189 Å². The lowest BCUT2D eigenvalue weighted by molar-refractivity contribution is -0.138. The lowest BCUT2D eigenvalue weighted by atomic mass is 10.1. The number of amides is 1. The smallest absolute Gasteiger partial charge is 0.274 e. The van der Waals surface area contributed by atoms with Crippen LogP contribution in [0, 0.1) is 0 Å². The van der Waals surface area contributed by atoms with Crippen LogP contribution in [0.3, 0.4) is 0 Å². The second-order valence-electron chi connectivity index (χ2n) is 7.42. The molecular weight excluding hydrogens is 464 g/mol. The third-order valence-corrected chi connectivity index (χ3v) is 5.06. The molecule has 3 aromatic rings. The van der Waals surface area contributed by atoms with Gasteiger partial charge in [-0.05, 0) is 30.7 Å². The predicted octanol–water partition coefficient (Wildman–Crippen LogP) is 4.86. The lowest BCUT2D eigenvalue weighted by Gasteiger charge is -2.12. The van der Waals surface area contributed by atoms with Crippen molar-refractivity contribution in [3.63, 3.8) is 0 Å². The Bertz CT molecular complexity index is 1190. The second kappa shape index (κ2) is 8.93. The molecule has 12 heteroatoms. The molecule has 1 saturated heterocycles. The van der Waals surface area contributed by atoms with Crippen molar-refractivity contribution in [3.05, 3.63) is 65.7 Å². The number of benzene rings is 2. The number of carbonyl (C=O) groups excluding carboxylic acids is 1. The third-order valence-electron chi connectivity index (χ3n) is 5.06. The molecular formula is C22H17F6N5O. The molecule has 0 unspecified atom stereocenters. The van der Waals surface area contributed by atoms with Crippen molar-refractivity contribution in [1.29, 1.82) is 0 Å². The maximum Gasteiger partial charge on any atom is 0.416 e. The van der Waals surface area contributed by atoms with Gasteiger partial charge in [0, 0.05) is 36.5 Å². The van der Waals surface area contributed by atoms with Crippen molar-refractivity contribution in [2.24, 2.45) is 0 Å². The van der Waals surface area contributed by atoms with E-state index in [1.54, 1.807) is 0 Å². The molecule has 2 heterocycles. The predicted molar refractivity (Wildman–Crippen MR) is 111 cm³/mol. The van der Waals surface area contributed by atoms with Crippen molar-refractivity contribution >= 4 is 12.1 Å². The topological polar surface area (TPSA) is 63.1 Å². The van der Waals surface area contributed by atoms with Crippen LogP contribution in [0.25, 0.3) is 29.0 Å². The van der Waals surface area contributed by atoms with Crippen LogP contribution in [0.5, 0.6) is 0 Å². The summed E-state index contributed by atoms with van der Waals surface area (Å²) in [4.78, 5) is 16.6. The zero-order valence-electron chi connectivity index (χ0n) is 17.4. The lowest BCUT2D eigenvalue weighted by Crippen LogP contribution is -2.35. The van der Waals surface area contributed by atoms with Crippen LogP contribution in [-0.2, 0) is 17.1 Å². The highest BCUT2D eigenvalue weighted by atomic mass is 19.4. The van der Waals surface area contributed by atoms with E-state index in [1.165, 1.54) is 46.2 Å². The van der Waals surface area contributed by atoms with Crippen molar-refractivity contribution < 1.29 is 31.1 Å². The summed E-state index contributed by atoms with van der Waals surface area (Å²) in [5, 5.41) is 5.65. The number of nitrogens with zero attached hydrogens (tertiary/aromatic N) is 4. The monoisotopic (exact) mass is 481 g/mol. The van der Waals surface area contributed by atoms with Crippen LogP contribution in [0.15, 0.2) is 54.6 Å². The molecule has 1 aliphatic heterocycles. The van der Waals surface area contributed by atoms with Gasteiger partial charge in [-0.25, -0.2) is 15.1 Å². The number of halogens is 6. The number of nitrogens with one attached hydrogen (secondary N) is 1. The first kappa shape index (κ1) is 23.5. The largest absolute Gasteiger partial charge is 0.416 e. The summed E-state index contributed by atoms with van der Waals surface area (Å²) < 4.78 is 78.6. The van der Waals surface area contributed by atoms with Crippen molar-refractivity contribution in [3.8, 4) is 22.8 Å². The van der Waals surface area contributed by atoms with E-state index in [1.807, 2.05) is 0 Å². The number of alkyl halides is 6. The Morgan fingerprint density at radius 2 is 1.44 bits per heavy atom. The maximum atomic E-state index is 12.9. The highest BCUT2D eigenvalue weighted by Gasteiger charge is 2.31. The zero-order chi connectivity index (χ0) is 24.5. The van der Waals surface area contributed by atoms with E-state index in [0.717, 1.165) is 30.7 Å². The van der Waals surface area contributed by atoms with Gasteiger partial charge in [0.05, 0.1) is 11.1 Å². The molecule has 34 heavy (non-hydrogen) atoms. The molecule has 0 saturated carbocycles. The average Bonchev–Trinajstić information content (AvgIpc) is 3.47. The molecule has 4 rings (SSSR count). The summed E-state index contributed by atoms with van der Waals surface area (Å²) in [7, 11) is 0. The van der Waals surface area contributed by atoms with E-state index in [9.17, 15) is 31.1 Å². The summed E-state index contributed by atoms with van der Waals surface area (Å²) in [6.07, 6.45) is -5.72. The summed E-state index contributed by atoms with van der Waals surface area (Å²) in [5.41, 5.74) is 1.74. The molecule has 6 nitrogen and oxygen atoms in total. The molecule has 2 aromatic carbocycles. The standard InChI is InChI=1S/C22H17F6N5O/c23-21(24,25)16-6-2-14(3-7-16)19-30-20(15-4-8-17(9-5-15)22(26,27)28)33(31-19)13-10-18(34)32-12-1-11-29-32/h2-10,13,29H,1,11-12H2/b13-10-. The molecule has 0 bridgehead atoms. The van der Waals surface area contributed by atoms with Gasteiger partial charge >= 0.3 is 12.4 Å². The number of rotatable bonds is 4. The highest BCUT2D eigenvalue weighted by Crippen LogP contribution is 2.32. The third kappa shape index (κ3) is 5.11. The van der Waals surface area contributed by atoms with Crippen LogP contribution in [0.4, 0.5) is 26.3 Å². The van der Waals surface area contributed by atoms with Gasteiger partial charge in [0.1, 0.15) is 0 Å². The molecule has 0 radical (unpaired) electrons. The molecule has 0 atom stereocenters. The molecule has 1 fully saturated rings. The molecule has 1 N–H and O–H groups in total. The summed E-state index contributed by atoms with van der Waals surface area (Å²) in [6.45, 7) is 1.17. The zero-order valence-corrected chi connectivity index (χ0v) is 17.4. The first-order valence-electron chi connectivity index (χ1n) is 10.1. The Balaban J connectivity index is 1.71. The minimum atomic E-state index is -4.52. The summed E-state index contributed by atoms with van der Waals surface area (Å²) in [5.74, 6) is -0.204. The highest BCUT2D eigenvalue weighted by molar-refractivity contribution is 5.90. The quantitative estimate of drug-likeness (QED) is 0.427. The molecule has 1 amide bonds. The Kier molecular flexibility index (Phi) is 6.17. The van der Waals surface area contributed by atoms with Crippen LogP contribution in [0.2, 0.25) is 0 Å². The fraction of sp³-hybridized carbons (Fsp3) is 0.227. The Morgan fingerprint density at radius 3 is 1.94 bits per heavy atom. The van der Waals surface area contributed by atoms with Crippen molar-refractivity contribution in [2.45, 2.75) is 18.8 Å². The van der Waals surface area contributed by atoms with E-state index in [-0.39, 0.29) is 28.7 Å². The van der Waals surface area contributed by atoms with Gasteiger partial charge < -0.3 is 0 Å². The van der Waals surface area contributed by atoms with Gasteiger partial charge in [-0.1, -0.05) is 24.3 Å². The molecule has 1 aromatic heterocycles. The average molecular weight is 481 g/mol. The summed E-state index contributed by atoms with van der Waals surface area (Å²) in [6, 6.07) is 8.34. The van der Waals surface area contributed by atoms with Crippen molar-refractivity contribution in [1.82, 2.24) is 25.2 Å². The molecule has 1 aliphatic rings. The number of hydrogen-bond donors (Lipinski definition) is 1. The summed E-state index contributed by atoms with van der Waals surface area (Å²) >= 11 is 0. The van der Waals surface area contributed by atoms with E-state index >= 15 is 0 Å². The van der Waals surface area contributed by atoms with Gasteiger partial charge in [0.2, 0.25) is 0 Å². The number of carbonyl (C=O) groups is 1. The SMILES string of the molecule is O=C(/C=C\n1nc(-c2ccc(C(F)(F)F)cc2)nc1-c1ccc(C(F)(F)F)cc1)N1CCCN1. The fourth-order valence-electron chi connectivity index (χ4n) is 3.31. The Morgan fingerprint density at radius 1 is 0.882 bits per heavy atom. The van der Waals surface area contributed by atoms with Crippen molar-refractivity contribution in [2.75, 3.05) is 13.1 Å². The van der Waals surface area contributed by atoms with E-state index in [0.29, 0.717) is 13.1 Å². The first-order valence-corrected chi connectivity index (χ1v) is 10.1. The molecule has 178 valence electrons. The molecule has 0 spiro atoms. The van der Waals surface area contributed by atoms with Crippen LogP contribution >= 0.6 is 0 Å². The Hall–Kier alpha value is -3.67. The number of hydrazine groups is 1. The van der Waals surface area contributed by atoms with E-state index < -0.39 is 23.5 Å². The maximum absolute atomic E-state index is 12.9. The number of aromatic nitrogens is 3. The van der Waals surface area contributed by atoms with Crippen LogP contribution < -0.4 is 5.43 Å². The minimum Gasteiger partial charge on any atom is -0.274 e. The molecule has 0 aliphatic carbocycles. The second-order valence-corrected chi connectivity index (χ2v) is 7.42. The fourth-order valence-corrected chi connectivity index (χ4v) is 3.31. The van der Waals surface area contributed by atoms with Gasteiger partial charge in [-0.2, -0.15) is 26.3 Å². The van der Waals surface area contributed by atoms with Crippen LogP contribution in [0.1, 0.15) is 17.5 Å². The van der Waals surface area contributed by atoms with Gasteiger partial charge in [0.25, 0.3) is 5.91 Å². The van der Waals surface area contributed by atoms with E-state index in [2.05, 4.69) is 15.5 Å². The normalized spacial score (nSPS) is 14.8. The first-order chi connectivity index (χ1) is 16.0.